The van der Waals surface area contributed by atoms with Gasteiger partial charge >= 0.3 is 0 Å². The van der Waals surface area contributed by atoms with E-state index in [-0.39, 0.29) is 30.5 Å². The number of aliphatic hydroxyl groups excluding tert-OH is 1. The Morgan fingerprint density at radius 3 is 2.28 bits per heavy atom. The van der Waals surface area contributed by atoms with Gasteiger partial charge in [0, 0.05) is 29.1 Å². The molecule has 1 aromatic heterocycles. The van der Waals surface area contributed by atoms with Crippen molar-refractivity contribution in [2.45, 2.75) is 78.3 Å². The average Bonchev–Trinajstić information content (AvgIpc) is 2.72. The molecule has 0 spiro atoms. The molecule has 2 heterocycles. The number of rotatable bonds is 7. The van der Waals surface area contributed by atoms with E-state index in [4.69, 9.17) is 14.5 Å². The first-order valence-corrected chi connectivity index (χ1v) is 10.6. The van der Waals surface area contributed by atoms with Crippen LogP contribution < -0.4 is 0 Å². The molecule has 1 unspecified atom stereocenters. The van der Waals surface area contributed by atoms with Gasteiger partial charge in [-0.15, -0.1) is 0 Å². The standard InChI is InChI=1S/C24H32FNO3/c1-15(2)23-19(13-27)22(17-8-10-18(25)11-9-17)20(24(26-23)16(3)4)14-29-21-7-5-6-12-28-21/h8-11,15-16,21,27H,5-7,12-14H2,1-4H3. The van der Waals surface area contributed by atoms with E-state index in [2.05, 4.69) is 27.7 Å². The molecule has 0 bridgehead atoms. The Hall–Kier alpha value is -1.82. The molecule has 0 radical (unpaired) electrons. The molecule has 1 aliphatic heterocycles. The SMILES string of the molecule is CC(C)c1nc(C(C)C)c(COC2CCCCO2)c(-c2ccc(F)cc2)c1CO. The highest BCUT2D eigenvalue weighted by atomic mass is 19.1. The number of halogens is 1. The van der Waals surface area contributed by atoms with E-state index < -0.39 is 0 Å². The molecule has 158 valence electrons. The van der Waals surface area contributed by atoms with Crippen LogP contribution in [-0.4, -0.2) is 23.0 Å². The molecule has 1 fully saturated rings. The molecular formula is C24H32FNO3. The Morgan fingerprint density at radius 1 is 1.07 bits per heavy atom. The molecule has 1 aliphatic rings. The lowest BCUT2D eigenvalue weighted by Crippen LogP contribution is -2.23. The summed E-state index contributed by atoms with van der Waals surface area (Å²) in [5.41, 5.74) is 5.36. The highest BCUT2D eigenvalue weighted by Gasteiger charge is 2.25. The van der Waals surface area contributed by atoms with Gasteiger partial charge in [-0.1, -0.05) is 39.8 Å². The molecule has 2 aromatic rings. The van der Waals surface area contributed by atoms with E-state index >= 15 is 0 Å². The summed E-state index contributed by atoms with van der Waals surface area (Å²) in [7, 11) is 0. The highest BCUT2D eigenvalue weighted by molar-refractivity contribution is 5.73. The lowest BCUT2D eigenvalue weighted by Gasteiger charge is -2.27. The van der Waals surface area contributed by atoms with Gasteiger partial charge in [0.15, 0.2) is 6.29 Å². The van der Waals surface area contributed by atoms with Gasteiger partial charge in [-0.2, -0.15) is 0 Å². The minimum absolute atomic E-state index is 0.126. The summed E-state index contributed by atoms with van der Waals surface area (Å²) in [6, 6.07) is 6.43. The molecule has 1 aromatic carbocycles. The van der Waals surface area contributed by atoms with Crippen molar-refractivity contribution in [2.24, 2.45) is 0 Å². The van der Waals surface area contributed by atoms with Gasteiger partial charge in [0.05, 0.1) is 13.2 Å². The third-order valence-electron chi connectivity index (χ3n) is 5.40. The van der Waals surface area contributed by atoms with Crippen LogP contribution in [0.3, 0.4) is 0 Å². The minimum Gasteiger partial charge on any atom is -0.392 e. The van der Waals surface area contributed by atoms with Gasteiger partial charge in [-0.3, -0.25) is 4.98 Å². The molecule has 0 amide bonds. The fourth-order valence-electron chi connectivity index (χ4n) is 3.95. The van der Waals surface area contributed by atoms with Crippen LogP contribution in [0.15, 0.2) is 24.3 Å². The maximum absolute atomic E-state index is 13.6. The van der Waals surface area contributed by atoms with Gasteiger partial charge in [-0.25, -0.2) is 4.39 Å². The Morgan fingerprint density at radius 2 is 1.72 bits per heavy atom. The van der Waals surface area contributed by atoms with E-state index in [1.807, 2.05) is 0 Å². The lowest BCUT2D eigenvalue weighted by atomic mass is 9.87. The first-order chi connectivity index (χ1) is 13.9. The van der Waals surface area contributed by atoms with Crippen molar-refractivity contribution in [3.63, 3.8) is 0 Å². The number of benzene rings is 1. The third-order valence-corrected chi connectivity index (χ3v) is 5.40. The lowest BCUT2D eigenvalue weighted by molar-refractivity contribution is -0.169. The Bertz CT molecular complexity index is 812. The second kappa shape index (κ2) is 9.79. The summed E-state index contributed by atoms with van der Waals surface area (Å²) in [5, 5.41) is 10.3. The molecule has 4 nitrogen and oxygen atoms in total. The maximum atomic E-state index is 13.6. The van der Waals surface area contributed by atoms with Gasteiger partial charge in [0.25, 0.3) is 0 Å². The number of aliphatic hydroxyl groups is 1. The third kappa shape index (κ3) is 5.03. The predicted molar refractivity (Wildman–Crippen MR) is 112 cm³/mol. The summed E-state index contributed by atoms with van der Waals surface area (Å²) < 4.78 is 25.5. The maximum Gasteiger partial charge on any atom is 0.158 e. The van der Waals surface area contributed by atoms with Crippen molar-refractivity contribution in [1.29, 1.82) is 0 Å². The van der Waals surface area contributed by atoms with E-state index in [0.29, 0.717) is 6.61 Å². The first-order valence-electron chi connectivity index (χ1n) is 10.6. The molecule has 1 N–H and O–H groups in total. The van der Waals surface area contributed by atoms with Crippen molar-refractivity contribution in [3.05, 3.63) is 52.6 Å². The zero-order chi connectivity index (χ0) is 21.0. The second-order valence-electron chi connectivity index (χ2n) is 8.30. The number of hydrogen-bond donors (Lipinski definition) is 1. The monoisotopic (exact) mass is 401 g/mol. The van der Waals surface area contributed by atoms with Crippen molar-refractivity contribution < 1.29 is 19.0 Å². The Labute approximate surface area is 173 Å². The summed E-state index contributed by atoms with van der Waals surface area (Å²) in [6.45, 7) is 9.32. The zero-order valence-electron chi connectivity index (χ0n) is 17.9. The molecule has 1 atom stereocenters. The van der Waals surface area contributed by atoms with Gasteiger partial charge in [0.1, 0.15) is 5.82 Å². The molecular weight excluding hydrogens is 369 g/mol. The predicted octanol–water partition coefficient (Wildman–Crippen LogP) is 5.67. The van der Waals surface area contributed by atoms with Crippen LogP contribution in [0.4, 0.5) is 4.39 Å². The van der Waals surface area contributed by atoms with Crippen molar-refractivity contribution in [2.75, 3.05) is 6.61 Å². The molecule has 1 saturated heterocycles. The van der Waals surface area contributed by atoms with Crippen LogP contribution >= 0.6 is 0 Å². The molecule has 3 rings (SSSR count). The molecule has 0 aliphatic carbocycles. The number of hydrogen-bond acceptors (Lipinski definition) is 4. The van der Waals surface area contributed by atoms with Crippen LogP contribution in [0.2, 0.25) is 0 Å². The average molecular weight is 402 g/mol. The van der Waals surface area contributed by atoms with Gasteiger partial charge in [0.2, 0.25) is 0 Å². The molecule has 0 saturated carbocycles. The number of ether oxygens (including phenoxy) is 2. The number of pyridine rings is 1. The van der Waals surface area contributed by atoms with Gasteiger partial charge < -0.3 is 14.6 Å². The summed E-state index contributed by atoms with van der Waals surface area (Å²) >= 11 is 0. The summed E-state index contributed by atoms with van der Waals surface area (Å²) in [5.74, 6) is 0.0609. The van der Waals surface area contributed by atoms with E-state index in [1.165, 1.54) is 12.1 Å². The fourth-order valence-corrected chi connectivity index (χ4v) is 3.95. The fraction of sp³-hybridized carbons (Fsp3) is 0.542. The molecule has 5 heteroatoms. The van der Waals surface area contributed by atoms with Gasteiger partial charge in [-0.05, 0) is 54.4 Å². The van der Waals surface area contributed by atoms with Crippen LogP contribution in [-0.2, 0) is 22.7 Å². The topological polar surface area (TPSA) is 51.6 Å². The van der Waals surface area contributed by atoms with Crippen LogP contribution in [0.1, 0.15) is 81.3 Å². The smallest absolute Gasteiger partial charge is 0.158 e. The first kappa shape index (κ1) is 21.9. The number of aromatic nitrogens is 1. The van der Waals surface area contributed by atoms with Crippen LogP contribution in [0, 0.1) is 5.82 Å². The summed E-state index contributed by atoms with van der Waals surface area (Å²) in [4.78, 5) is 4.96. The largest absolute Gasteiger partial charge is 0.392 e. The quantitative estimate of drug-likeness (QED) is 0.649. The normalized spacial score (nSPS) is 17.3. The molecule has 29 heavy (non-hydrogen) atoms. The van der Waals surface area contributed by atoms with E-state index in [1.54, 1.807) is 12.1 Å². The van der Waals surface area contributed by atoms with Crippen molar-refractivity contribution >= 4 is 0 Å². The Balaban J connectivity index is 2.14. The van der Waals surface area contributed by atoms with Crippen LogP contribution in [0.25, 0.3) is 11.1 Å². The van der Waals surface area contributed by atoms with Crippen LogP contribution in [0.5, 0.6) is 0 Å². The number of nitrogens with zero attached hydrogens (tertiary/aromatic N) is 1. The minimum atomic E-state index is -0.282. The highest BCUT2D eigenvalue weighted by Crippen LogP contribution is 2.37. The Kier molecular flexibility index (Phi) is 7.38. The van der Waals surface area contributed by atoms with Crippen molar-refractivity contribution in [3.8, 4) is 11.1 Å². The van der Waals surface area contributed by atoms with Crippen molar-refractivity contribution in [1.82, 2.24) is 4.98 Å². The van der Waals surface area contributed by atoms with E-state index in [0.717, 1.165) is 59.5 Å². The second-order valence-corrected chi connectivity index (χ2v) is 8.30. The zero-order valence-corrected chi connectivity index (χ0v) is 17.9. The summed E-state index contributed by atoms with van der Waals surface area (Å²) in [6.07, 6.45) is 2.83. The van der Waals surface area contributed by atoms with E-state index in [9.17, 15) is 9.50 Å².